The van der Waals surface area contributed by atoms with Gasteiger partial charge in [0.2, 0.25) is 5.91 Å². The van der Waals surface area contributed by atoms with Crippen LogP contribution in [0.4, 0.5) is 5.69 Å². The number of piperidine rings is 1. The third kappa shape index (κ3) is 3.67. The molecule has 0 aromatic heterocycles. The van der Waals surface area contributed by atoms with Crippen LogP contribution in [-0.4, -0.2) is 31.7 Å². The number of rotatable bonds is 5. The molecular formula is C16H24N2O3. The zero-order chi connectivity index (χ0) is 15.3. The lowest BCUT2D eigenvalue weighted by Gasteiger charge is -2.33. The topological polar surface area (TPSA) is 59.6 Å². The Morgan fingerprint density at radius 2 is 2.19 bits per heavy atom. The Labute approximate surface area is 126 Å². The second-order valence-corrected chi connectivity index (χ2v) is 5.47. The van der Waals surface area contributed by atoms with E-state index in [4.69, 9.17) is 9.47 Å². The van der Waals surface area contributed by atoms with Gasteiger partial charge in [0.05, 0.1) is 19.3 Å². The number of hydrogen-bond acceptors (Lipinski definition) is 4. The number of ether oxygens (including phenoxy) is 2. The predicted octanol–water partition coefficient (Wildman–Crippen LogP) is 2.56. The monoisotopic (exact) mass is 292 g/mol. The van der Waals surface area contributed by atoms with Crippen molar-refractivity contribution in [1.82, 2.24) is 5.32 Å². The van der Waals surface area contributed by atoms with Crippen molar-refractivity contribution < 1.29 is 14.3 Å². The maximum absolute atomic E-state index is 12.5. The summed E-state index contributed by atoms with van der Waals surface area (Å²) in [5.74, 6) is 1.30. The lowest BCUT2D eigenvalue weighted by atomic mass is 9.90. The second kappa shape index (κ2) is 6.80. The summed E-state index contributed by atoms with van der Waals surface area (Å²) in [5, 5.41) is 6.27. The zero-order valence-corrected chi connectivity index (χ0v) is 13.0. The lowest BCUT2D eigenvalue weighted by Crippen LogP contribution is -2.54. The summed E-state index contributed by atoms with van der Waals surface area (Å²) >= 11 is 0. The fraction of sp³-hybridized carbons (Fsp3) is 0.562. The SMILES string of the molecule is CCOc1ccc(NC(=O)C2(C)CCCCN2)cc1OC. The molecule has 0 spiro atoms. The highest BCUT2D eigenvalue weighted by atomic mass is 16.5. The molecule has 2 N–H and O–H groups in total. The van der Waals surface area contributed by atoms with Crippen LogP contribution in [0.3, 0.4) is 0 Å². The molecule has 1 amide bonds. The molecule has 116 valence electrons. The average Bonchev–Trinajstić information content (AvgIpc) is 2.49. The highest BCUT2D eigenvalue weighted by molar-refractivity contribution is 5.98. The Morgan fingerprint density at radius 1 is 1.38 bits per heavy atom. The van der Waals surface area contributed by atoms with Gasteiger partial charge in [-0.25, -0.2) is 0 Å². The van der Waals surface area contributed by atoms with E-state index in [1.165, 1.54) is 0 Å². The van der Waals surface area contributed by atoms with Crippen molar-refractivity contribution in [3.05, 3.63) is 18.2 Å². The first-order valence-corrected chi connectivity index (χ1v) is 7.46. The van der Waals surface area contributed by atoms with Crippen LogP contribution < -0.4 is 20.1 Å². The van der Waals surface area contributed by atoms with Crippen LogP contribution in [0.25, 0.3) is 0 Å². The van der Waals surface area contributed by atoms with Gasteiger partial charge >= 0.3 is 0 Å². The minimum absolute atomic E-state index is 0.00610. The standard InChI is InChI=1S/C16H24N2O3/c1-4-21-13-8-7-12(11-14(13)20-3)18-15(19)16(2)9-5-6-10-17-16/h7-8,11,17H,4-6,9-10H2,1-3H3,(H,18,19). The molecule has 1 atom stereocenters. The molecular weight excluding hydrogens is 268 g/mol. The van der Waals surface area contributed by atoms with Crippen LogP contribution >= 0.6 is 0 Å². The molecule has 0 bridgehead atoms. The van der Waals surface area contributed by atoms with Gasteiger partial charge in [-0.05, 0) is 51.8 Å². The average molecular weight is 292 g/mol. The van der Waals surface area contributed by atoms with Crippen LogP contribution in [0.15, 0.2) is 18.2 Å². The molecule has 1 aromatic rings. The van der Waals surface area contributed by atoms with E-state index in [9.17, 15) is 4.79 Å². The minimum Gasteiger partial charge on any atom is -0.493 e. The Bertz CT molecular complexity index is 496. The van der Waals surface area contributed by atoms with Crippen molar-refractivity contribution in [3.8, 4) is 11.5 Å². The van der Waals surface area contributed by atoms with Crippen LogP contribution in [0.5, 0.6) is 11.5 Å². The van der Waals surface area contributed by atoms with E-state index in [1.54, 1.807) is 13.2 Å². The van der Waals surface area contributed by atoms with Gasteiger partial charge in [0.15, 0.2) is 11.5 Å². The molecule has 5 heteroatoms. The Morgan fingerprint density at radius 3 is 2.81 bits per heavy atom. The first-order valence-electron chi connectivity index (χ1n) is 7.46. The second-order valence-electron chi connectivity index (χ2n) is 5.47. The number of benzene rings is 1. The molecule has 0 aliphatic carbocycles. The number of carbonyl (C=O) groups excluding carboxylic acids is 1. The van der Waals surface area contributed by atoms with Crippen molar-refractivity contribution in [2.75, 3.05) is 25.6 Å². The predicted molar refractivity (Wildman–Crippen MR) is 83.1 cm³/mol. The van der Waals surface area contributed by atoms with Crippen molar-refractivity contribution in [3.63, 3.8) is 0 Å². The summed E-state index contributed by atoms with van der Waals surface area (Å²) in [5.41, 5.74) is 0.221. The lowest BCUT2D eigenvalue weighted by molar-refractivity contribution is -0.122. The molecule has 1 aliphatic rings. The largest absolute Gasteiger partial charge is 0.493 e. The molecule has 1 fully saturated rings. The molecule has 0 radical (unpaired) electrons. The maximum Gasteiger partial charge on any atom is 0.244 e. The van der Waals surface area contributed by atoms with Gasteiger partial charge in [0.1, 0.15) is 0 Å². The van der Waals surface area contributed by atoms with Gasteiger partial charge < -0.3 is 20.1 Å². The van der Waals surface area contributed by atoms with E-state index in [2.05, 4.69) is 10.6 Å². The summed E-state index contributed by atoms with van der Waals surface area (Å²) in [7, 11) is 1.59. The van der Waals surface area contributed by atoms with Gasteiger partial charge in [0, 0.05) is 11.8 Å². The zero-order valence-electron chi connectivity index (χ0n) is 13.0. The molecule has 0 saturated carbocycles. The van der Waals surface area contributed by atoms with Gasteiger partial charge in [-0.3, -0.25) is 4.79 Å². The molecule has 2 rings (SSSR count). The maximum atomic E-state index is 12.5. The van der Waals surface area contributed by atoms with Gasteiger partial charge in [0.25, 0.3) is 0 Å². The third-order valence-electron chi connectivity index (χ3n) is 3.84. The molecule has 1 aliphatic heterocycles. The quantitative estimate of drug-likeness (QED) is 0.875. The molecule has 1 heterocycles. The number of methoxy groups -OCH3 is 1. The first-order chi connectivity index (χ1) is 10.1. The van der Waals surface area contributed by atoms with Crippen LogP contribution in [0.2, 0.25) is 0 Å². The van der Waals surface area contributed by atoms with E-state index >= 15 is 0 Å². The van der Waals surface area contributed by atoms with E-state index in [0.717, 1.165) is 25.8 Å². The van der Waals surface area contributed by atoms with E-state index in [0.29, 0.717) is 23.8 Å². The van der Waals surface area contributed by atoms with E-state index in [1.807, 2.05) is 26.0 Å². The fourth-order valence-electron chi connectivity index (χ4n) is 2.54. The normalized spacial score (nSPS) is 21.7. The van der Waals surface area contributed by atoms with Crippen LogP contribution in [-0.2, 0) is 4.79 Å². The first kappa shape index (κ1) is 15.6. The number of hydrogen-bond donors (Lipinski definition) is 2. The van der Waals surface area contributed by atoms with Crippen molar-refractivity contribution in [1.29, 1.82) is 0 Å². The Kier molecular flexibility index (Phi) is 5.07. The van der Waals surface area contributed by atoms with E-state index in [-0.39, 0.29) is 5.91 Å². The highest BCUT2D eigenvalue weighted by Crippen LogP contribution is 2.31. The molecule has 21 heavy (non-hydrogen) atoms. The fourth-order valence-corrected chi connectivity index (χ4v) is 2.54. The molecule has 1 unspecified atom stereocenters. The molecule has 1 saturated heterocycles. The Balaban J connectivity index is 2.10. The smallest absolute Gasteiger partial charge is 0.244 e. The van der Waals surface area contributed by atoms with Crippen molar-refractivity contribution in [2.45, 2.75) is 38.6 Å². The van der Waals surface area contributed by atoms with Crippen molar-refractivity contribution >= 4 is 11.6 Å². The van der Waals surface area contributed by atoms with Crippen molar-refractivity contribution in [2.24, 2.45) is 0 Å². The van der Waals surface area contributed by atoms with Crippen LogP contribution in [0.1, 0.15) is 33.1 Å². The minimum atomic E-state index is -0.496. The summed E-state index contributed by atoms with van der Waals surface area (Å²) < 4.78 is 10.8. The summed E-state index contributed by atoms with van der Waals surface area (Å²) in [6.07, 6.45) is 3.05. The summed E-state index contributed by atoms with van der Waals surface area (Å²) in [4.78, 5) is 12.5. The summed E-state index contributed by atoms with van der Waals surface area (Å²) in [6, 6.07) is 5.43. The highest BCUT2D eigenvalue weighted by Gasteiger charge is 2.34. The van der Waals surface area contributed by atoms with Gasteiger partial charge in [-0.2, -0.15) is 0 Å². The molecule has 1 aromatic carbocycles. The molecule has 5 nitrogen and oxygen atoms in total. The van der Waals surface area contributed by atoms with Gasteiger partial charge in [-0.1, -0.05) is 0 Å². The van der Waals surface area contributed by atoms with Gasteiger partial charge in [-0.15, -0.1) is 0 Å². The number of carbonyl (C=O) groups is 1. The third-order valence-corrected chi connectivity index (χ3v) is 3.84. The number of anilines is 1. The van der Waals surface area contributed by atoms with E-state index < -0.39 is 5.54 Å². The number of nitrogens with one attached hydrogen (secondary N) is 2. The summed E-state index contributed by atoms with van der Waals surface area (Å²) in [6.45, 7) is 5.33. The Hall–Kier alpha value is -1.75. The number of amides is 1. The van der Waals surface area contributed by atoms with Crippen LogP contribution in [0, 0.1) is 0 Å².